The number of sulfonamides is 1. The zero-order valence-electron chi connectivity index (χ0n) is 16.1. The summed E-state index contributed by atoms with van der Waals surface area (Å²) in [6, 6.07) is 10.8. The minimum atomic E-state index is -3.55. The number of rotatable bonds is 6. The van der Waals surface area contributed by atoms with E-state index in [0.717, 1.165) is 28.1 Å². The molecule has 156 valence electrons. The first-order valence-corrected chi connectivity index (χ1v) is 11.7. The summed E-state index contributed by atoms with van der Waals surface area (Å²) in [5.74, 6) is 2.07. The number of nitrogens with zero attached hydrogens (tertiary/aromatic N) is 2. The van der Waals surface area contributed by atoms with Crippen molar-refractivity contribution < 1.29 is 22.6 Å². The lowest BCUT2D eigenvalue weighted by molar-refractivity contribution is 0.173. The molecule has 9 heteroatoms. The molecule has 0 bridgehead atoms. The molecule has 2 aliphatic rings. The first-order valence-electron chi connectivity index (χ1n) is 9.51. The van der Waals surface area contributed by atoms with Crippen molar-refractivity contribution in [3.63, 3.8) is 0 Å². The largest absolute Gasteiger partial charge is 0.493 e. The molecule has 2 heterocycles. The van der Waals surface area contributed by atoms with Crippen LogP contribution in [0.5, 0.6) is 17.2 Å². The van der Waals surface area contributed by atoms with Crippen LogP contribution in [0, 0.1) is 0 Å². The van der Waals surface area contributed by atoms with Gasteiger partial charge in [-0.3, -0.25) is 4.90 Å². The molecule has 2 aromatic rings. The molecule has 0 unspecified atom stereocenters. The van der Waals surface area contributed by atoms with Crippen LogP contribution >= 0.6 is 15.9 Å². The van der Waals surface area contributed by atoms with Crippen molar-refractivity contribution in [2.75, 3.05) is 39.6 Å². The summed E-state index contributed by atoms with van der Waals surface area (Å²) in [7, 11) is -3.55. The highest BCUT2D eigenvalue weighted by molar-refractivity contribution is 9.10. The van der Waals surface area contributed by atoms with Crippen molar-refractivity contribution in [3.05, 3.63) is 46.4 Å². The molecule has 2 aromatic carbocycles. The van der Waals surface area contributed by atoms with E-state index in [1.54, 1.807) is 22.5 Å². The minimum Gasteiger partial charge on any atom is -0.493 e. The molecule has 0 amide bonds. The SMILES string of the molecule is CCOc1cc(S(=O)(=O)N2CCN(Cc3ccc4c(c3)OCO4)CC2)ccc1Br. The Morgan fingerprint density at radius 2 is 1.79 bits per heavy atom. The summed E-state index contributed by atoms with van der Waals surface area (Å²) in [6.07, 6.45) is 0. The van der Waals surface area contributed by atoms with Gasteiger partial charge < -0.3 is 14.2 Å². The van der Waals surface area contributed by atoms with Crippen molar-refractivity contribution in [2.24, 2.45) is 0 Å². The summed E-state index contributed by atoms with van der Waals surface area (Å²) in [6.45, 7) is 5.59. The molecule has 0 atom stereocenters. The average Bonchev–Trinajstić information content (AvgIpc) is 3.18. The topological polar surface area (TPSA) is 68.3 Å². The van der Waals surface area contributed by atoms with E-state index < -0.39 is 10.0 Å². The zero-order chi connectivity index (χ0) is 20.4. The van der Waals surface area contributed by atoms with Gasteiger partial charge in [0.15, 0.2) is 11.5 Å². The molecular formula is C20H23BrN2O5S. The van der Waals surface area contributed by atoms with Crippen LogP contribution in [0.2, 0.25) is 0 Å². The lowest BCUT2D eigenvalue weighted by Crippen LogP contribution is -2.48. The van der Waals surface area contributed by atoms with Crippen LogP contribution in [0.3, 0.4) is 0 Å². The highest BCUT2D eigenvalue weighted by atomic mass is 79.9. The number of halogens is 1. The molecule has 2 aliphatic heterocycles. The normalized spacial score (nSPS) is 17.4. The van der Waals surface area contributed by atoms with E-state index in [2.05, 4.69) is 20.8 Å². The Hall–Kier alpha value is -1.81. The van der Waals surface area contributed by atoms with Gasteiger partial charge in [0.25, 0.3) is 0 Å². The van der Waals surface area contributed by atoms with Gasteiger partial charge in [0.1, 0.15) is 5.75 Å². The summed E-state index contributed by atoms with van der Waals surface area (Å²) < 4.78 is 44.7. The highest BCUT2D eigenvalue weighted by Gasteiger charge is 2.29. The second-order valence-electron chi connectivity index (χ2n) is 6.89. The Labute approximate surface area is 179 Å². The molecule has 0 spiro atoms. The standard InChI is InChI=1S/C20H23BrN2O5S/c1-2-26-19-12-16(4-5-17(19)21)29(24,25)23-9-7-22(8-10-23)13-15-3-6-18-20(11-15)28-14-27-18/h3-6,11-12H,2,7-10,13-14H2,1H3. The van der Waals surface area contributed by atoms with Gasteiger partial charge in [-0.25, -0.2) is 8.42 Å². The second kappa shape index (κ2) is 8.51. The lowest BCUT2D eigenvalue weighted by Gasteiger charge is -2.34. The Bertz CT molecular complexity index is 990. The average molecular weight is 483 g/mol. The Morgan fingerprint density at radius 3 is 2.55 bits per heavy atom. The van der Waals surface area contributed by atoms with Crippen molar-refractivity contribution in [1.29, 1.82) is 0 Å². The van der Waals surface area contributed by atoms with Crippen molar-refractivity contribution in [1.82, 2.24) is 9.21 Å². The quantitative estimate of drug-likeness (QED) is 0.629. The third-order valence-corrected chi connectivity index (χ3v) is 7.56. The molecular weight excluding hydrogens is 460 g/mol. The van der Waals surface area contributed by atoms with Crippen LogP contribution in [0.25, 0.3) is 0 Å². The zero-order valence-corrected chi connectivity index (χ0v) is 18.5. The van der Waals surface area contributed by atoms with E-state index in [4.69, 9.17) is 14.2 Å². The van der Waals surface area contributed by atoms with Gasteiger partial charge in [-0.2, -0.15) is 4.31 Å². The maximum atomic E-state index is 13.1. The second-order valence-corrected chi connectivity index (χ2v) is 9.69. The van der Waals surface area contributed by atoms with E-state index in [1.807, 2.05) is 25.1 Å². The molecule has 0 aromatic heterocycles. The third-order valence-electron chi connectivity index (χ3n) is 5.01. The summed E-state index contributed by atoms with van der Waals surface area (Å²) >= 11 is 3.40. The Kier molecular flexibility index (Phi) is 6.00. The Morgan fingerprint density at radius 1 is 1.03 bits per heavy atom. The molecule has 1 saturated heterocycles. The highest BCUT2D eigenvalue weighted by Crippen LogP contribution is 2.33. The maximum absolute atomic E-state index is 13.1. The third kappa shape index (κ3) is 4.37. The van der Waals surface area contributed by atoms with Gasteiger partial charge in [-0.05, 0) is 52.7 Å². The molecule has 1 fully saturated rings. The van der Waals surface area contributed by atoms with E-state index in [9.17, 15) is 8.42 Å². The molecule has 29 heavy (non-hydrogen) atoms. The van der Waals surface area contributed by atoms with Crippen LogP contribution in [-0.2, 0) is 16.6 Å². The van der Waals surface area contributed by atoms with Crippen molar-refractivity contribution in [3.8, 4) is 17.2 Å². The molecule has 0 saturated carbocycles. The van der Waals surface area contributed by atoms with Crippen molar-refractivity contribution in [2.45, 2.75) is 18.4 Å². The molecule has 0 aliphatic carbocycles. The fourth-order valence-corrected chi connectivity index (χ4v) is 5.28. The van der Waals surface area contributed by atoms with E-state index in [-0.39, 0.29) is 11.7 Å². The number of benzene rings is 2. The lowest BCUT2D eigenvalue weighted by atomic mass is 10.2. The van der Waals surface area contributed by atoms with Gasteiger partial charge >= 0.3 is 0 Å². The first-order chi connectivity index (χ1) is 14.0. The van der Waals surface area contributed by atoms with E-state index in [0.29, 0.717) is 38.5 Å². The molecule has 0 N–H and O–H groups in total. The van der Waals surface area contributed by atoms with E-state index in [1.165, 1.54) is 0 Å². The Balaban J connectivity index is 1.40. The summed E-state index contributed by atoms with van der Waals surface area (Å²) in [5.41, 5.74) is 1.12. The van der Waals surface area contributed by atoms with Crippen LogP contribution in [0.4, 0.5) is 0 Å². The number of ether oxygens (including phenoxy) is 3. The smallest absolute Gasteiger partial charge is 0.243 e. The summed E-state index contributed by atoms with van der Waals surface area (Å²) in [5, 5.41) is 0. The number of piperazine rings is 1. The monoisotopic (exact) mass is 482 g/mol. The van der Waals surface area contributed by atoms with Gasteiger partial charge in [-0.1, -0.05) is 6.07 Å². The van der Waals surface area contributed by atoms with Crippen LogP contribution in [-0.4, -0.2) is 57.2 Å². The van der Waals surface area contributed by atoms with Crippen LogP contribution in [0.15, 0.2) is 45.8 Å². The van der Waals surface area contributed by atoms with Crippen molar-refractivity contribution >= 4 is 26.0 Å². The van der Waals surface area contributed by atoms with Gasteiger partial charge in [0.2, 0.25) is 16.8 Å². The molecule has 4 rings (SSSR count). The fraction of sp³-hybridized carbons (Fsp3) is 0.400. The maximum Gasteiger partial charge on any atom is 0.243 e. The molecule has 0 radical (unpaired) electrons. The number of fused-ring (bicyclic) bond motifs is 1. The van der Waals surface area contributed by atoms with Gasteiger partial charge in [0, 0.05) is 38.8 Å². The predicted molar refractivity (Wildman–Crippen MR) is 112 cm³/mol. The van der Waals surface area contributed by atoms with E-state index >= 15 is 0 Å². The predicted octanol–water partition coefficient (Wildman–Crippen LogP) is 3.08. The summed E-state index contributed by atoms with van der Waals surface area (Å²) in [4.78, 5) is 2.50. The van der Waals surface area contributed by atoms with Crippen LogP contribution in [0.1, 0.15) is 12.5 Å². The fourth-order valence-electron chi connectivity index (χ4n) is 3.48. The first kappa shape index (κ1) is 20.5. The van der Waals surface area contributed by atoms with Gasteiger partial charge in [-0.15, -0.1) is 0 Å². The number of hydrogen-bond donors (Lipinski definition) is 0. The number of hydrogen-bond acceptors (Lipinski definition) is 6. The minimum absolute atomic E-state index is 0.258. The van der Waals surface area contributed by atoms with Gasteiger partial charge in [0.05, 0.1) is 16.0 Å². The van der Waals surface area contributed by atoms with Crippen LogP contribution < -0.4 is 14.2 Å². The molecule has 7 nitrogen and oxygen atoms in total.